The molecule has 26 heavy (non-hydrogen) atoms. The summed E-state index contributed by atoms with van der Waals surface area (Å²) in [4.78, 5) is 39.2. The molecule has 3 rings (SSSR count). The van der Waals surface area contributed by atoms with Crippen molar-refractivity contribution in [2.24, 2.45) is 0 Å². The van der Waals surface area contributed by atoms with Crippen molar-refractivity contribution in [1.82, 2.24) is 4.90 Å². The number of rotatable bonds is 4. The van der Waals surface area contributed by atoms with Gasteiger partial charge in [0.2, 0.25) is 5.91 Å². The number of nitrogens with one attached hydrogen (secondary N) is 1. The van der Waals surface area contributed by atoms with Crippen LogP contribution in [-0.4, -0.2) is 42.4 Å². The molecule has 0 bridgehead atoms. The molecule has 0 unspecified atom stereocenters. The molecule has 1 aromatic heterocycles. The first-order chi connectivity index (χ1) is 12.5. The highest BCUT2D eigenvalue weighted by Gasteiger charge is 2.35. The van der Waals surface area contributed by atoms with Gasteiger partial charge in [-0.25, -0.2) is 4.79 Å². The van der Waals surface area contributed by atoms with Crippen molar-refractivity contribution in [3.63, 3.8) is 0 Å². The highest BCUT2D eigenvalue weighted by molar-refractivity contribution is 7.12. The number of esters is 1. The predicted molar refractivity (Wildman–Crippen MR) is 99.8 cm³/mol. The number of ether oxygens (including phenoxy) is 1. The minimum Gasteiger partial charge on any atom is -0.465 e. The molecule has 0 saturated carbocycles. The normalized spacial score (nSPS) is 16.4. The van der Waals surface area contributed by atoms with Crippen molar-refractivity contribution in [1.29, 1.82) is 0 Å². The van der Waals surface area contributed by atoms with Gasteiger partial charge in [0, 0.05) is 6.54 Å². The molecule has 1 saturated heterocycles. The van der Waals surface area contributed by atoms with Crippen LogP contribution in [0.1, 0.15) is 32.9 Å². The van der Waals surface area contributed by atoms with Crippen LogP contribution in [0.4, 0.5) is 5.69 Å². The molecule has 1 aliphatic rings. The van der Waals surface area contributed by atoms with Gasteiger partial charge in [-0.2, -0.15) is 0 Å². The van der Waals surface area contributed by atoms with Crippen molar-refractivity contribution in [2.45, 2.75) is 18.9 Å². The van der Waals surface area contributed by atoms with Crippen LogP contribution >= 0.6 is 22.9 Å². The van der Waals surface area contributed by atoms with Crippen LogP contribution in [0, 0.1) is 0 Å². The third-order valence-electron chi connectivity index (χ3n) is 4.19. The molecule has 8 heteroatoms. The molecule has 1 atom stereocenters. The highest BCUT2D eigenvalue weighted by Crippen LogP contribution is 2.27. The van der Waals surface area contributed by atoms with E-state index in [2.05, 4.69) is 10.1 Å². The van der Waals surface area contributed by atoms with Crippen LogP contribution < -0.4 is 5.32 Å². The number of hydrogen-bond acceptors (Lipinski definition) is 5. The lowest BCUT2D eigenvalue weighted by Crippen LogP contribution is -2.43. The zero-order valence-electron chi connectivity index (χ0n) is 14.0. The third kappa shape index (κ3) is 3.73. The molecule has 1 aliphatic heterocycles. The number of thiophene rings is 1. The lowest BCUT2D eigenvalue weighted by atomic mass is 10.1. The largest absolute Gasteiger partial charge is 0.465 e. The summed E-state index contributed by atoms with van der Waals surface area (Å²) in [6.07, 6.45) is 1.34. The van der Waals surface area contributed by atoms with Crippen molar-refractivity contribution >= 4 is 46.4 Å². The zero-order valence-corrected chi connectivity index (χ0v) is 15.6. The Labute approximate surface area is 159 Å². The number of benzene rings is 1. The van der Waals surface area contributed by atoms with E-state index in [1.807, 2.05) is 5.38 Å². The molecule has 1 N–H and O–H groups in total. The maximum atomic E-state index is 12.7. The molecule has 136 valence electrons. The molecule has 2 heterocycles. The molecule has 1 aromatic carbocycles. The SMILES string of the molecule is COC(=O)c1ccc(Cl)c(NC(=O)[C@@H]2CCCN2C(=O)c2cccs2)c1. The Hall–Kier alpha value is -2.38. The topological polar surface area (TPSA) is 75.7 Å². The Morgan fingerprint density at radius 3 is 2.81 bits per heavy atom. The summed E-state index contributed by atoms with van der Waals surface area (Å²) in [6, 6.07) is 7.49. The second-order valence-corrected chi connectivity index (χ2v) is 7.16. The van der Waals surface area contributed by atoms with Gasteiger partial charge in [0.25, 0.3) is 5.91 Å². The summed E-state index contributed by atoms with van der Waals surface area (Å²) in [6.45, 7) is 0.532. The Balaban J connectivity index is 1.77. The van der Waals surface area contributed by atoms with Gasteiger partial charge in [-0.3, -0.25) is 9.59 Å². The minimum absolute atomic E-state index is 0.146. The second kappa shape index (κ2) is 7.88. The average Bonchev–Trinajstić information content (AvgIpc) is 3.34. The zero-order chi connectivity index (χ0) is 18.7. The number of carbonyl (C=O) groups is 3. The lowest BCUT2D eigenvalue weighted by Gasteiger charge is -2.23. The summed E-state index contributed by atoms with van der Waals surface area (Å²) in [5, 5.41) is 4.87. The smallest absolute Gasteiger partial charge is 0.337 e. The monoisotopic (exact) mass is 392 g/mol. The van der Waals surface area contributed by atoms with Crippen molar-refractivity contribution in [3.8, 4) is 0 Å². The van der Waals surface area contributed by atoms with Gasteiger partial charge < -0.3 is 15.0 Å². The number of carbonyl (C=O) groups excluding carboxylic acids is 3. The molecular weight excluding hydrogens is 376 g/mol. The van der Waals surface area contributed by atoms with Gasteiger partial charge in [-0.05, 0) is 42.5 Å². The van der Waals surface area contributed by atoms with Gasteiger partial charge in [-0.15, -0.1) is 11.3 Å². The lowest BCUT2D eigenvalue weighted by molar-refractivity contribution is -0.119. The second-order valence-electron chi connectivity index (χ2n) is 5.81. The van der Waals surface area contributed by atoms with E-state index in [1.165, 1.54) is 36.6 Å². The number of halogens is 1. The standard InChI is InChI=1S/C18H17ClN2O4S/c1-25-18(24)11-6-7-12(19)13(10-11)20-16(22)14-4-2-8-21(14)17(23)15-5-3-9-26-15/h3,5-7,9-10,14H,2,4,8H2,1H3,(H,20,22)/t14-/m0/s1. The van der Waals surface area contributed by atoms with Crippen molar-refractivity contribution in [2.75, 3.05) is 19.0 Å². The number of nitrogens with zero attached hydrogens (tertiary/aromatic N) is 1. The van der Waals surface area contributed by atoms with E-state index in [4.69, 9.17) is 11.6 Å². The van der Waals surface area contributed by atoms with E-state index >= 15 is 0 Å². The van der Waals surface area contributed by atoms with Gasteiger partial charge in [-0.1, -0.05) is 17.7 Å². The fourth-order valence-corrected chi connectivity index (χ4v) is 3.75. The van der Waals surface area contributed by atoms with Crippen LogP contribution in [0.5, 0.6) is 0 Å². The molecule has 1 fully saturated rings. The first-order valence-corrected chi connectivity index (χ1v) is 9.30. The summed E-state index contributed by atoms with van der Waals surface area (Å²) < 4.78 is 4.68. The van der Waals surface area contributed by atoms with Crippen molar-refractivity contribution in [3.05, 3.63) is 51.2 Å². The Morgan fingerprint density at radius 1 is 1.31 bits per heavy atom. The Morgan fingerprint density at radius 2 is 2.12 bits per heavy atom. The van der Waals surface area contributed by atoms with Crippen molar-refractivity contribution < 1.29 is 19.1 Å². The third-order valence-corrected chi connectivity index (χ3v) is 5.38. The van der Waals surface area contributed by atoms with Gasteiger partial charge in [0.05, 0.1) is 28.3 Å². The van der Waals surface area contributed by atoms with E-state index in [9.17, 15) is 14.4 Å². The Kier molecular flexibility index (Phi) is 5.58. The summed E-state index contributed by atoms with van der Waals surface area (Å²) in [7, 11) is 1.28. The number of methoxy groups -OCH3 is 1. The van der Waals surface area contributed by atoms with Crippen LogP contribution in [-0.2, 0) is 9.53 Å². The van der Waals surface area contributed by atoms with E-state index in [-0.39, 0.29) is 17.4 Å². The number of anilines is 1. The fourth-order valence-electron chi connectivity index (χ4n) is 2.91. The van der Waals surface area contributed by atoms with Crippen LogP contribution in [0.3, 0.4) is 0 Å². The van der Waals surface area contributed by atoms with E-state index in [0.29, 0.717) is 28.6 Å². The van der Waals surface area contributed by atoms with Gasteiger partial charge in [0.1, 0.15) is 6.04 Å². The Bertz CT molecular complexity index is 838. The number of amides is 2. The predicted octanol–water partition coefficient (Wildman–Crippen LogP) is 3.43. The maximum absolute atomic E-state index is 12.7. The molecule has 2 amide bonds. The molecule has 6 nitrogen and oxygen atoms in total. The fraction of sp³-hybridized carbons (Fsp3) is 0.278. The summed E-state index contributed by atoms with van der Waals surface area (Å²) in [5.74, 6) is -0.990. The first-order valence-electron chi connectivity index (χ1n) is 8.04. The molecule has 0 aliphatic carbocycles. The minimum atomic E-state index is -0.567. The molecule has 0 radical (unpaired) electrons. The first kappa shape index (κ1) is 18.4. The van der Waals surface area contributed by atoms with E-state index in [1.54, 1.807) is 17.0 Å². The van der Waals surface area contributed by atoms with E-state index in [0.717, 1.165) is 6.42 Å². The summed E-state index contributed by atoms with van der Waals surface area (Å²) in [5.41, 5.74) is 0.597. The van der Waals surface area contributed by atoms with Gasteiger partial charge >= 0.3 is 5.97 Å². The van der Waals surface area contributed by atoms with E-state index < -0.39 is 12.0 Å². The van der Waals surface area contributed by atoms with Crippen LogP contribution in [0.15, 0.2) is 35.7 Å². The quantitative estimate of drug-likeness (QED) is 0.809. The number of hydrogen-bond donors (Lipinski definition) is 1. The highest BCUT2D eigenvalue weighted by atomic mass is 35.5. The molecule has 2 aromatic rings. The molecule has 0 spiro atoms. The number of likely N-dealkylation sites (tertiary alicyclic amines) is 1. The van der Waals surface area contributed by atoms with Gasteiger partial charge in [0.15, 0.2) is 0 Å². The summed E-state index contributed by atoms with van der Waals surface area (Å²) >= 11 is 7.48. The van der Waals surface area contributed by atoms with Crippen LogP contribution in [0.25, 0.3) is 0 Å². The maximum Gasteiger partial charge on any atom is 0.337 e. The average molecular weight is 393 g/mol. The molecular formula is C18H17ClN2O4S. The van der Waals surface area contributed by atoms with Crippen LogP contribution in [0.2, 0.25) is 5.02 Å².